The Kier molecular flexibility index (Phi) is 3.54. The number of aromatic nitrogens is 1. The molecule has 0 spiro atoms. The van der Waals surface area contributed by atoms with Crippen molar-refractivity contribution in [1.29, 1.82) is 0 Å². The molecule has 0 saturated carbocycles. The molecule has 0 unspecified atom stereocenters. The Morgan fingerprint density at radius 2 is 2.08 bits per heavy atom. The van der Waals surface area contributed by atoms with Crippen LogP contribution in [-0.2, 0) is 12.7 Å². The summed E-state index contributed by atoms with van der Waals surface area (Å²) >= 11 is 0. The Bertz CT molecular complexity index is 247. The van der Waals surface area contributed by atoms with Gasteiger partial charge in [0.2, 0.25) is 0 Å². The van der Waals surface area contributed by atoms with Gasteiger partial charge in [-0.1, -0.05) is 5.16 Å². The van der Waals surface area contributed by atoms with E-state index in [1.807, 2.05) is 0 Å². The van der Waals surface area contributed by atoms with E-state index in [-0.39, 0.29) is 24.5 Å². The standard InChI is InChI=1S/C5H5F3N2O.ClH/c6-5(7,8)4-3(1-9)2-11-10-4;/h2H,1,9H2;1H. The molecule has 0 amide bonds. The summed E-state index contributed by atoms with van der Waals surface area (Å²) in [5.41, 5.74) is 3.82. The summed E-state index contributed by atoms with van der Waals surface area (Å²) in [7, 11) is 0. The van der Waals surface area contributed by atoms with Gasteiger partial charge in [0.25, 0.3) is 0 Å². The largest absolute Gasteiger partial charge is 0.437 e. The van der Waals surface area contributed by atoms with Crippen LogP contribution in [0.5, 0.6) is 0 Å². The highest BCUT2D eigenvalue weighted by molar-refractivity contribution is 5.85. The van der Waals surface area contributed by atoms with E-state index in [1.54, 1.807) is 0 Å². The van der Waals surface area contributed by atoms with Crippen LogP contribution < -0.4 is 5.73 Å². The SMILES string of the molecule is Cl.NCc1conc1C(F)(F)F. The average Bonchev–Trinajstić information content (AvgIpc) is 2.31. The minimum Gasteiger partial charge on any atom is -0.364 e. The third-order valence-electron chi connectivity index (χ3n) is 1.13. The minimum atomic E-state index is -4.47. The van der Waals surface area contributed by atoms with Gasteiger partial charge >= 0.3 is 6.18 Å². The van der Waals surface area contributed by atoms with Crippen LogP contribution in [0.15, 0.2) is 10.8 Å². The molecule has 0 aliphatic heterocycles. The van der Waals surface area contributed by atoms with Gasteiger partial charge in [-0.25, -0.2) is 0 Å². The lowest BCUT2D eigenvalue weighted by Crippen LogP contribution is -2.10. The quantitative estimate of drug-likeness (QED) is 0.752. The maximum atomic E-state index is 11.9. The van der Waals surface area contributed by atoms with Crippen LogP contribution in [-0.4, -0.2) is 5.16 Å². The molecule has 0 fully saturated rings. The first-order valence-electron chi connectivity index (χ1n) is 2.76. The Morgan fingerprint density at radius 3 is 2.42 bits per heavy atom. The highest BCUT2D eigenvalue weighted by Crippen LogP contribution is 2.30. The number of hydrogen-bond donors (Lipinski definition) is 1. The van der Waals surface area contributed by atoms with E-state index in [0.717, 1.165) is 6.26 Å². The maximum Gasteiger partial charge on any atom is 0.437 e. The van der Waals surface area contributed by atoms with Crippen molar-refractivity contribution in [3.05, 3.63) is 17.5 Å². The molecular weight excluding hydrogens is 197 g/mol. The average molecular weight is 203 g/mol. The van der Waals surface area contributed by atoms with Crippen LogP contribution in [0.25, 0.3) is 0 Å². The lowest BCUT2D eigenvalue weighted by molar-refractivity contribution is -0.143. The van der Waals surface area contributed by atoms with Gasteiger partial charge in [0, 0.05) is 12.1 Å². The van der Waals surface area contributed by atoms with Crippen molar-refractivity contribution >= 4 is 12.4 Å². The predicted molar refractivity (Wildman–Crippen MR) is 36.6 cm³/mol. The van der Waals surface area contributed by atoms with Gasteiger partial charge in [-0.2, -0.15) is 13.2 Å². The minimum absolute atomic E-state index is 0. The van der Waals surface area contributed by atoms with Crippen molar-refractivity contribution in [2.45, 2.75) is 12.7 Å². The van der Waals surface area contributed by atoms with Crippen molar-refractivity contribution in [3.63, 3.8) is 0 Å². The molecule has 0 aliphatic carbocycles. The second-order valence-corrected chi connectivity index (χ2v) is 1.89. The molecule has 0 saturated heterocycles. The van der Waals surface area contributed by atoms with Crippen molar-refractivity contribution < 1.29 is 17.7 Å². The molecule has 1 aromatic rings. The van der Waals surface area contributed by atoms with Crippen LogP contribution in [0.1, 0.15) is 11.3 Å². The fraction of sp³-hybridized carbons (Fsp3) is 0.400. The molecule has 3 nitrogen and oxygen atoms in total. The van der Waals surface area contributed by atoms with E-state index >= 15 is 0 Å². The summed E-state index contributed by atoms with van der Waals surface area (Å²) < 4.78 is 39.8. The number of nitrogens with zero attached hydrogens (tertiary/aromatic N) is 1. The number of rotatable bonds is 1. The van der Waals surface area contributed by atoms with Crippen molar-refractivity contribution in [3.8, 4) is 0 Å². The highest BCUT2D eigenvalue weighted by atomic mass is 35.5. The van der Waals surface area contributed by atoms with Gasteiger partial charge in [0.15, 0.2) is 5.69 Å². The number of nitrogens with two attached hydrogens (primary N) is 1. The van der Waals surface area contributed by atoms with Gasteiger partial charge in [-0.15, -0.1) is 12.4 Å². The molecule has 0 radical (unpaired) electrons. The first-order valence-corrected chi connectivity index (χ1v) is 2.76. The summed E-state index contributed by atoms with van der Waals surface area (Å²) in [5.74, 6) is 0. The molecule has 0 aliphatic rings. The lowest BCUT2D eigenvalue weighted by Gasteiger charge is -2.01. The predicted octanol–water partition coefficient (Wildman–Crippen LogP) is 1.57. The van der Waals surface area contributed by atoms with Crippen LogP contribution >= 0.6 is 12.4 Å². The Morgan fingerprint density at radius 1 is 1.50 bits per heavy atom. The summed E-state index contributed by atoms with van der Waals surface area (Å²) in [5, 5.41) is 2.78. The third-order valence-corrected chi connectivity index (χ3v) is 1.13. The summed E-state index contributed by atoms with van der Waals surface area (Å²) in [6, 6.07) is 0. The van der Waals surface area contributed by atoms with E-state index < -0.39 is 11.9 Å². The molecule has 1 heterocycles. The Balaban J connectivity index is 0.00000121. The van der Waals surface area contributed by atoms with Crippen molar-refractivity contribution in [2.24, 2.45) is 5.73 Å². The van der Waals surface area contributed by atoms with E-state index in [9.17, 15) is 13.2 Å². The molecular formula is C5H6ClF3N2O. The normalized spacial score (nSPS) is 11.0. The molecule has 12 heavy (non-hydrogen) atoms. The summed E-state index contributed by atoms with van der Waals surface area (Å²) in [6.07, 6.45) is -3.58. The highest BCUT2D eigenvalue weighted by Gasteiger charge is 2.36. The fourth-order valence-corrected chi connectivity index (χ4v) is 0.636. The summed E-state index contributed by atoms with van der Waals surface area (Å²) in [4.78, 5) is 0. The van der Waals surface area contributed by atoms with Gasteiger partial charge in [-0.3, -0.25) is 0 Å². The van der Waals surface area contributed by atoms with E-state index in [2.05, 4.69) is 9.68 Å². The molecule has 0 bridgehead atoms. The second kappa shape index (κ2) is 3.77. The first kappa shape index (κ1) is 11.2. The molecule has 1 aromatic heterocycles. The number of halogens is 4. The van der Waals surface area contributed by atoms with E-state index in [4.69, 9.17) is 5.73 Å². The van der Waals surface area contributed by atoms with Gasteiger partial charge in [-0.05, 0) is 0 Å². The smallest absolute Gasteiger partial charge is 0.364 e. The molecule has 2 N–H and O–H groups in total. The topological polar surface area (TPSA) is 52.0 Å². The van der Waals surface area contributed by atoms with Crippen molar-refractivity contribution in [1.82, 2.24) is 5.16 Å². The van der Waals surface area contributed by atoms with E-state index in [1.165, 1.54) is 0 Å². The first-order chi connectivity index (χ1) is 5.05. The molecule has 0 aromatic carbocycles. The number of hydrogen-bond acceptors (Lipinski definition) is 3. The zero-order valence-electron chi connectivity index (χ0n) is 5.76. The van der Waals surface area contributed by atoms with Crippen LogP contribution in [0.3, 0.4) is 0 Å². The van der Waals surface area contributed by atoms with E-state index in [0.29, 0.717) is 0 Å². The Labute approximate surface area is 72.1 Å². The van der Waals surface area contributed by atoms with Gasteiger partial charge in [0.1, 0.15) is 6.26 Å². The zero-order chi connectivity index (χ0) is 8.48. The molecule has 7 heteroatoms. The van der Waals surface area contributed by atoms with Crippen LogP contribution in [0.4, 0.5) is 13.2 Å². The maximum absolute atomic E-state index is 11.9. The number of alkyl halides is 3. The fourth-order valence-electron chi connectivity index (χ4n) is 0.636. The zero-order valence-corrected chi connectivity index (χ0v) is 6.58. The summed E-state index contributed by atoms with van der Waals surface area (Å²) in [6.45, 7) is -0.224. The lowest BCUT2D eigenvalue weighted by atomic mass is 10.2. The second-order valence-electron chi connectivity index (χ2n) is 1.89. The third kappa shape index (κ3) is 2.12. The van der Waals surface area contributed by atoms with Gasteiger partial charge < -0.3 is 10.3 Å². The molecule has 0 atom stereocenters. The molecule has 1 rings (SSSR count). The van der Waals surface area contributed by atoms with Crippen molar-refractivity contribution in [2.75, 3.05) is 0 Å². The Hall–Kier alpha value is -0.750. The monoisotopic (exact) mass is 202 g/mol. The van der Waals surface area contributed by atoms with Crippen LogP contribution in [0.2, 0.25) is 0 Å². The molecule has 70 valence electrons. The van der Waals surface area contributed by atoms with Gasteiger partial charge in [0.05, 0.1) is 0 Å². The van der Waals surface area contributed by atoms with Crippen LogP contribution in [0, 0.1) is 0 Å².